The van der Waals surface area contributed by atoms with Crippen LogP contribution in [0.15, 0.2) is 0 Å². The first-order valence-corrected chi connectivity index (χ1v) is 20.6. The SMILES string of the molecule is C[C@H](NC(=O)[C@@H](N)CCC(=O)O)C(=O)N1CCC[C@H]1C(=O)N[C@@H](CCC(=O)O)C(=O)N[C@@H](CCC(=O)O)C(=O)N1CCC[C@H]1C(=O)N[C@@H](CCC(=O)O)C(=O)N1CCC[C@H]1C(=O)O. The second kappa shape index (κ2) is 23.7. The van der Waals surface area contributed by atoms with E-state index in [1.807, 2.05) is 0 Å². The van der Waals surface area contributed by atoms with E-state index in [9.17, 15) is 78.0 Å². The van der Waals surface area contributed by atoms with Crippen molar-refractivity contribution in [3.8, 4) is 0 Å². The number of carboxylic acid groups (broad SMARTS) is 5. The zero-order chi connectivity index (χ0) is 47.1. The summed E-state index contributed by atoms with van der Waals surface area (Å²) in [5.74, 6) is -12.6. The molecule has 3 saturated heterocycles. The number of carboxylic acids is 5. The molecule has 63 heavy (non-hydrogen) atoms. The smallest absolute Gasteiger partial charge is 0.326 e. The molecule has 0 aromatic carbocycles. The standard InChI is InChI=1S/C38H56N8O17/c1-19(40-31(55)20(39)8-12-27(47)48)35(59)44-16-2-5-24(44)33(57)41-21(9-13-28(49)50)32(56)42-22(10-14-29(51)52)36(60)45-17-3-6-25(45)34(58)43-23(11-15-30(53)54)37(61)46-18-4-7-26(46)38(62)63/h19-26H,2-18,39H2,1H3,(H,40,55)(H,41,57)(H,42,56)(H,43,58)(H,47,48)(H,49,50)(H,51,52)(H,53,54)(H,62,63)/t19-,20-,21-,22-,23-,24-,25-,26-/m0/s1. The first-order valence-electron chi connectivity index (χ1n) is 20.6. The topological polar surface area (TPSA) is 390 Å². The van der Waals surface area contributed by atoms with E-state index in [1.54, 1.807) is 0 Å². The summed E-state index contributed by atoms with van der Waals surface area (Å²) in [6, 6.07) is -10.9. The minimum Gasteiger partial charge on any atom is -0.481 e. The molecule has 8 atom stereocenters. The van der Waals surface area contributed by atoms with Gasteiger partial charge in [0, 0.05) is 45.3 Å². The monoisotopic (exact) mass is 896 g/mol. The Kier molecular flexibility index (Phi) is 19.2. The molecule has 0 unspecified atom stereocenters. The molecular formula is C38H56N8O17. The van der Waals surface area contributed by atoms with Gasteiger partial charge in [-0.25, -0.2) is 4.79 Å². The first-order chi connectivity index (χ1) is 29.6. The lowest BCUT2D eigenvalue weighted by molar-refractivity contribution is -0.150. The van der Waals surface area contributed by atoms with E-state index < -0.39 is 164 Å². The van der Waals surface area contributed by atoms with Crippen LogP contribution in [0.4, 0.5) is 0 Å². The molecule has 3 aliphatic heterocycles. The Bertz CT molecular complexity index is 1790. The maximum atomic E-state index is 14.1. The number of aliphatic carboxylic acids is 5. The van der Waals surface area contributed by atoms with Crippen molar-refractivity contribution in [1.29, 1.82) is 0 Å². The minimum atomic E-state index is -1.65. The molecule has 3 rings (SSSR count). The van der Waals surface area contributed by atoms with Gasteiger partial charge in [0.15, 0.2) is 0 Å². The van der Waals surface area contributed by atoms with Gasteiger partial charge in [-0.2, -0.15) is 0 Å². The molecule has 0 aromatic heterocycles. The van der Waals surface area contributed by atoms with Crippen molar-refractivity contribution in [2.75, 3.05) is 19.6 Å². The van der Waals surface area contributed by atoms with Crippen molar-refractivity contribution in [3.63, 3.8) is 0 Å². The van der Waals surface area contributed by atoms with Crippen LogP contribution in [0, 0.1) is 0 Å². The summed E-state index contributed by atoms with van der Waals surface area (Å²) >= 11 is 0. The van der Waals surface area contributed by atoms with Crippen LogP contribution in [0.1, 0.15) is 96.8 Å². The molecule has 25 nitrogen and oxygen atoms in total. The number of hydrogen-bond donors (Lipinski definition) is 10. The van der Waals surface area contributed by atoms with Crippen LogP contribution in [0.2, 0.25) is 0 Å². The van der Waals surface area contributed by atoms with E-state index >= 15 is 0 Å². The van der Waals surface area contributed by atoms with Gasteiger partial charge in [0.1, 0.15) is 42.3 Å². The van der Waals surface area contributed by atoms with Crippen LogP contribution in [-0.4, -0.2) is 179 Å². The van der Waals surface area contributed by atoms with Gasteiger partial charge in [0.2, 0.25) is 41.4 Å². The zero-order valence-corrected chi connectivity index (χ0v) is 34.7. The van der Waals surface area contributed by atoms with Crippen molar-refractivity contribution in [3.05, 3.63) is 0 Å². The van der Waals surface area contributed by atoms with E-state index in [0.717, 1.165) is 14.7 Å². The molecule has 7 amide bonds. The number of nitrogens with one attached hydrogen (secondary N) is 4. The van der Waals surface area contributed by atoms with Gasteiger partial charge < -0.3 is 67.2 Å². The summed E-state index contributed by atoms with van der Waals surface area (Å²) in [7, 11) is 0. The van der Waals surface area contributed by atoms with Crippen LogP contribution in [0.3, 0.4) is 0 Å². The van der Waals surface area contributed by atoms with Crippen molar-refractivity contribution >= 4 is 71.2 Å². The molecule has 0 aromatic rings. The van der Waals surface area contributed by atoms with Gasteiger partial charge in [-0.05, 0) is 71.1 Å². The van der Waals surface area contributed by atoms with Crippen molar-refractivity contribution in [2.45, 2.75) is 145 Å². The Balaban J connectivity index is 1.78. The highest BCUT2D eigenvalue weighted by atomic mass is 16.4. The van der Waals surface area contributed by atoms with Crippen molar-refractivity contribution < 1.29 is 83.1 Å². The minimum absolute atomic E-state index is 0.0339. The summed E-state index contributed by atoms with van der Waals surface area (Å²) < 4.78 is 0. The Morgan fingerprint density at radius 1 is 0.492 bits per heavy atom. The average molecular weight is 897 g/mol. The molecule has 0 aliphatic carbocycles. The normalized spacial score (nSPS) is 20.7. The molecule has 3 aliphatic rings. The molecular weight excluding hydrogens is 840 g/mol. The third-order valence-electron chi connectivity index (χ3n) is 11.0. The first kappa shape index (κ1) is 51.0. The largest absolute Gasteiger partial charge is 0.481 e. The summed E-state index contributed by atoms with van der Waals surface area (Å²) in [4.78, 5) is 155. The predicted molar refractivity (Wildman–Crippen MR) is 211 cm³/mol. The molecule has 3 heterocycles. The van der Waals surface area contributed by atoms with Gasteiger partial charge >= 0.3 is 29.8 Å². The fraction of sp³-hybridized carbons (Fsp3) is 0.684. The number of rotatable bonds is 24. The Morgan fingerprint density at radius 3 is 1.30 bits per heavy atom. The third kappa shape index (κ3) is 14.9. The van der Waals surface area contributed by atoms with Crippen molar-refractivity contribution in [1.82, 2.24) is 36.0 Å². The molecule has 11 N–H and O–H groups in total. The van der Waals surface area contributed by atoms with E-state index in [1.165, 1.54) is 6.92 Å². The maximum absolute atomic E-state index is 14.1. The lowest BCUT2D eigenvalue weighted by Crippen LogP contribution is -2.59. The highest BCUT2D eigenvalue weighted by Gasteiger charge is 2.43. The van der Waals surface area contributed by atoms with Crippen LogP contribution in [-0.2, 0) is 57.5 Å². The number of likely N-dealkylation sites (tertiary alicyclic amines) is 3. The molecule has 0 bridgehead atoms. The number of hydrogen-bond acceptors (Lipinski definition) is 13. The lowest BCUT2D eigenvalue weighted by Gasteiger charge is -2.32. The van der Waals surface area contributed by atoms with Gasteiger partial charge in [0.25, 0.3) is 0 Å². The second-order valence-corrected chi connectivity index (χ2v) is 15.7. The predicted octanol–water partition coefficient (Wildman–Crippen LogP) is -3.21. The zero-order valence-electron chi connectivity index (χ0n) is 34.7. The molecule has 3 fully saturated rings. The summed E-state index contributed by atoms with van der Waals surface area (Å²) in [5, 5.41) is 56.3. The van der Waals surface area contributed by atoms with Gasteiger partial charge in [-0.1, -0.05) is 0 Å². The van der Waals surface area contributed by atoms with Crippen LogP contribution in [0.25, 0.3) is 0 Å². The number of carbonyl (C=O) groups is 12. The number of nitrogens with zero attached hydrogens (tertiary/aromatic N) is 3. The van der Waals surface area contributed by atoms with Crippen LogP contribution in [0.5, 0.6) is 0 Å². The molecule has 0 saturated carbocycles. The fourth-order valence-corrected chi connectivity index (χ4v) is 7.73. The lowest BCUT2D eigenvalue weighted by atomic mass is 10.0. The Labute approximate surface area is 360 Å². The summed E-state index contributed by atoms with van der Waals surface area (Å²) in [6.45, 7) is 1.35. The third-order valence-corrected chi connectivity index (χ3v) is 11.0. The fourth-order valence-electron chi connectivity index (χ4n) is 7.73. The van der Waals surface area contributed by atoms with Crippen LogP contribution < -0.4 is 27.0 Å². The Hall–Kier alpha value is -6.40. The summed E-state index contributed by atoms with van der Waals surface area (Å²) in [6.07, 6.45) is -2.77. The number of amides is 7. The quantitative estimate of drug-likeness (QED) is 0.0456. The van der Waals surface area contributed by atoms with E-state index in [4.69, 9.17) is 10.8 Å². The van der Waals surface area contributed by atoms with Crippen LogP contribution >= 0.6 is 0 Å². The molecule has 0 spiro atoms. The maximum Gasteiger partial charge on any atom is 0.326 e. The van der Waals surface area contributed by atoms with E-state index in [-0.39, 0.29) is 51.7 Å². The Morgan fingerprint density at radius 2 is 0.857 bits per heavy atom. The molecule has 0 radical (unpaired) electrons. The summed E-state index contributed by atoms with van der Waals surface area (Å²) in [5.41, 5.74) is 5.74. The average Bonchev–Trinajstić information content (AvgIpc) is 4.02. The van der Waals surface area contributed by atoms with Gasteiger partial charge in [-0.15, -0.1) is 0 Å². The van der Waals surface area contributed by atoms with Gasteiger partial charge in [0.05, 0.1) is 6.04 Å². The second-order valence-electron chi connectivity index (χ2n) is 15.7. The van der Waals surface area contributed by atoms with Crippen molar-refractivity contribution in [2.24, 2.45) is 5.73 Å². The highest BCUT2D eigenvalue weighted by molar-refractivity contribution is 5.98. The van der Waals surface area contributed by atoms with E-state index in [2.05, 4.69) is 21.3 Å². The molecule has 25 heteroatoms. The molecule has 350 valence electrons. The number of nitrogens with two attached hydrogens (primary N) is 1. The number of carbonyl (C=O) groups excluding carboxylic acids is 7. The van der Waals surface area contributed by atoms with Gasteiger partial charge in [-0.3, -0.25) is 52.7 Å². The highest BCUT2D eigenvalue weighted by Crippen LogP contribution is 2.24. The van der Waals surface area contributed by atoms with E-state index in [0.29, 0.717) is 12.8 Å².